The molecule has 1 atom stereocenters. The SMILES string of the molecule is CCOc1ccc([C@@H]2C(C(=O)OC(C)C)=C(C)N=c3s/c(=C4\C(=O)N(Cc5ccc(Cl)cc5)c5ccccc54)c(=O)n32)cc1. The number of carbonyl (C=O) groups excluding carboxylic acids is 2. The first-order valence-electron chi connectivity index (χ1n) is 14.3. The fraction of sp³-hybridized carbons (Fsp3) is 0.235. The number of hydrogen-bond donors (Lipinski definition) is 0. The predicted octanol–water partition coefficient (Wildman–Crippen LogP) is 5.16. The Morgan fingerprint density at radius 1 is 1.02 bits per heavy atom. The van der Waals surface area contributed by atoms with Gasteiger partial charge in [-0.05, 0) is 69.2 Å². The van der Waals surface area contributed by atoms with Crippen LogP contribution in [-0.4, -0.2) is 29.2 Å². The summed E-state index contributed by atoms with van der Waals surface area (Å²) in [6, 6.07) is 21.2. The minimum absolute atomic E-state index is 0.266. The van der Waals surface area contributed by atoms with Gasteiger partial charge in [0.1, 0.15) is 10.3 Å². The molecule has 44 heavy (non-hydrogen) atoms. The largest absolute Gasteiger partial charge is 0.494 e. The number of allylic oxidation sites excluding steroid dienone is 1. The summed E-state index contributed by atoms with van der Waals surface area (Å²) in [5.74, 6) is -0.152. The molecule has 0 spiro atoms. The van der Waals surface area contributed by atoms with E-state index in [4.69, 9.17) is 26.1 Å². The van der Waals surface area contributed by atoms with Crippen LogP contribution in [-0.2, 0) is 20.9 Å². The molecule has 0 unspecified atom stereocenters. The molecule has 6 rings (SSSR count). The standard InChI is InChI=1S/C34H30ClN3O5S/c1-5-42-24-16-12-22(13-17-24)29-27(33(41)43-19(2)3)20(4)36-34-38(29)32(40)30(44-34)28-25-8-6-7-9-26(25)37(31(28)39)18-21-10-14-23(35)15-11-21/h6-17,19,29H,5,18H2,1-4H3/b30-28-/t29-/m1/s1. The zero-order chi connectivity index (χ0) is 31.1. The van der Waals surface area contributed by atoms with Gasteiger partial charge in [0.25, 0.3) is 11.5 Å². The number of thiazole rings is 1. The first-order valence-corrected chi connectivity index (χ1v) is 15.5. The third-order valence-corrected chi connectivity index (χ3v) is 8.78. The summed E-state index contributed by atoms with van der Waals surface area (Å²) in [5.41, 5.74) is 3.62. The monoisotopic (exact) mass is 627 g/mol. The molecule has 224 valence electrons. The van der Waals surface area contributed by atoms with Crippen molar-refractivity contribution in [1.82, 2.24) is 4.57 Å². The fourth-order valence-electron chi connectivity index (χ4n) is 5.57. The van der Waals surface area contributed by atoms with Crippen molar-refractivity contribution < 1.29 is 19.1 Å². The first-order chi connectivity index (χ1) is 21.2. The van der Waals surface area contributed by atoms with Gasteiger partial charge in [0.2, 0.25) is 0 Å². The minimum atomic E-state index is -0.806. The van der Waals surface area contributed by atoms with Crippen molar-refractivity contribution in [2.24, 2.45) is 4.99 Å². The first kappa shape index (κ1) is 29.6. The van der Waals surface area contributed by atoms with Gasteiger partial charge in [-0.2, -0.15) is 0 Å². The normalized spacial score (nSPS) is 17.0. The summed E-state index contributed by atoms with van der Waals surface area (Å²) in [6.07, 6.45) is -0.366. The molecule has 10 heteroatoms. The van der Waals surface area contributed by atoms with Crippen LogP contribution in [0.15, 0.2) is 93.9 Å². The molecule has 3 aromatic carbocycles. The van der Waals surface area contributed by atoms with Gasteiger partial charge in [0.05, 0.1) is 47.8 Å². The van der Waals surface area contributed by atoms with Crippen molar-refractivity contribution in [3.63, 3.8) is 0 Å². The molecular weight excluding hydrogens is 598 g/mol. The number of para-hydroxylation sites is 1. The van der Waals surface area contributed by atoms with Crippen LogP contribution in [0.2, 0.25) is 5.02 Å². The van der Waals surface area contributed by atoms with Crippen molar-refractivity contribution in [3.8, 4) is 5.75 Å². The summed E-state index contributed by atoms with van der Waals surface area (Å²) >= 11 is 7.23. The number of fused-ring (bicyclic) bond motifs is 2. The molecule has 0 N–H and O–H groups in total. The maximum absolute atomic E-state index is 14.4. The number of anilines is 1. The third-order valence-electron chi connectivity index (χ3n) is 7.47. The van der Waals surface area contributed by atoms with Crippen LogP contribution in [0.1, 0.15) is 50.4 Å². The smallest absolute Gasteiger partial charge is 0.338 e. The Morgan fingerprint density at radius 3 is 2.41 bits per heavy atom. The van der Waals surface area contributed by atoms with Crippen LogP contribution in [0.3, 0.4) is 0 Å². The molecule has 2 aliphatic heterocycles. The third kappa shape index (κ3) is 5.27. The molecule has 1 amide bonds. The lowest BCUT2D eigenvalue weighted by molar-refractivity contribution is -0.143. The Bertz CT molecular complexity index is 1990. The van der Waals surface area contributed by atoms with Crippen molar-refractivity contribution >= 4 is 46.1 Å². The van der Waals surface area contributed by atoms with E-state index in [0.717, 1.165) is 16.9 Å². The Morgan fingerprint density at radius 2 is 1.73 bits per heavy atom. The number of esters is 1. The van der Waals surface area contributed by atoms with E-state index < -0.39 is 17.6 Å². The summed E-state index contributed by atoms with van der Waals surface area (Å²) in [7, 11) is 0. The van der Waals surface area contributed by atoms with Gasteiger partial charge in [-0.3, -0.25) is 14.2 Å². The Kier molecular flexibility index (Phi) is 8.00. The topological polar surface area (TPSA) is 90.2 Å². The van der Waals surface area contributed by atoms with Crippen LogP contribution in [0.25, 0.3) is 5.57 Å². The predicted molar refractivity (Wildman–Crippen MR) is 171 cm³/mol. The highest BCUT2D eigenvalue weighted by molar-refractivity contribution is 7.07. The number of benzene rings is 3. The number of halogens is 1. The molecular formula is C34H30ClN3O5S. The molecule has 8 nitrogen and oxygen atoms in total. The zero-order valence-corrected chi connectivity index (χ0v) is 26.2. The van der Waals surface area contributed by atoms with Crippen LogP contribution >= 0.6 is 22.9 Å². The van der Waals surface area contributed by atoms with E-state index >= 15 is 0 Å². The van der Waals surface area contributed by atoms with Gasteiger partial charge >= 0.3 is 5.97 Å². The quantitative estimate of drug-likeness (QED) is 0.264. The van der Waals surface area contributed by atoms with Crippen LogP contribution < -0.4 is 24.5 Å². The molecule has 0 radical (unpaired) electrons. The molecule has 1 aromatic heterocycles. The summed E-state index contributed by atoms with van der Waals surface area (Å²) < 4.78 is 13.0. The van der Waals surface area contributed by atoms with E-state index in [1.54, 1.807) is 37.8 Å². The fourth-order valence-corrected chi connectivity index (χ4v) is 6.83. The number of rotatable bonds is 7. The molecule has 0 saturated heterocycles. The van der Waals surface area contributed by atoms with Crippen molar-refractivity contribution in [1.29, 1.82) is 0 Å². The van der Waals surface area contributed by atoms with Gasteiger partial charge in [-0.1, -0.05) is 65.4 Å². The molecule has 2 aliphatic rings. The van der Waals surface area contributed by atoms with E-state index in [1.807, 2.05) is 67.6 Å². The second-order valence-electron chi connectivity index (χ2n) is 10.8. The van der Waals surface area contributed by atoms with E-state index in [0.29, 0.717) is 56.8 Å². The van der Waals surface area contributed by atoms with Crippen LogP contribution in [0.5, 0.6) is 5.75 Å². The highest BCUT2D eigenvalue weighted by atomic mass is 35.5. The maximum Gasteiger partial charge on any atom is 0.338 e. The van der Waals surface area contributed by atoms with Gasteiger partial charge in [0, 0.05) is 10.6 Å². The molecule has 0 bridgehead atoms. The molecule has 4 aromatic rings. The molecule has 0 saturated carbocycles. The molecule has 0 aliphatic carbocycles. The van der Waals surface area contributed by atoms with Crippen molar-refractivity contribution in [2.75, 3.05) is 11.5 Å². The lowest BCUT2D eigenvalue weighted by Gasteiger charge is -2.25. The number of hydrogen-bond acceptors (Lipinski definition) is 7. The number of amides is 1. The van der Waals surface area contributed by atoms with Crippen LogP contribution in [0.4, 0.5) is 5.69 Å². The summed E-state index contributed by atoms with van der Waals surface area (Å²) in [6.45, 7) is 8.01. The number of ether oxygens (including phenoxy) is 2. The average molecular weight is 628 g/mol. The van der Waals surface area contributed by atoms with Crippen LogP contribution in [0, 0.1) is 0 Å². The van der Waals surface area contributed by atoms with E-state index in [-0.39, 0.29) is 22.1 Å². The summed E-state index contributed by atoms with van der Waals surface area (Å²) in [5, 5.41) is 0.609. The van der Waals surface area contributed by atoms with Gasteiger partial charge < -0.3 is 14.4 Å². The minimum Gasteiger partial charge on any atom is -0.494 e. The maximum atomic E-state index is 14.4. The Labute approximate surface area is 263 Å². The second kappa shape index (κ2) is 11.9. The van der Waals surface area contributed by atoms with Crippen molar-refractivity contribution in [3.05, 3.63) is 125 Å². The van der Waals surface area contributed by atoms with Gasteiger partial charge in [0.15, 0.2) is 4.80 Å². The lowest BCUT2D eigenvalue weighted by atomic mass is 9.95. The molecule has 3 heterocycles. The highest BCUT2D eigenvalue weighted by Crippen LogP contribution is 2.37. The Balaban J connectivity index is 1.54. The van der Waals surface area contributed by atoms with Gasteiger partial charge in [-0.15, -0.1) is 0 Å². The number of aromatic nitrogens is 1. The summed E-state index contributed by atoms with van der Waals surface area (Å²) in [4.78, 5) is 48.7. The lowest BCUT2D eigenvalue weighted by Crippen LogP contribution is -2.41. The zero-order valence-electron chi connectivity index (χ0n) is 24.7. The van der Waals surface area contributed by atoms with E-state index in [1.165, 1.54) is 4.57 Å². The highest BCUT2D eigenvalue weighted by Gasteiger charge is 2.37. The van der Waals surface area contributed by atoms with E-state index in [2.05, 4.69) is 0 Å². The number of carbonyl (C=O) groups is 2. The second-order valence-corrected chi connectivity index (χ2v) is 12.2. The average Bonchev–Trinajstić information content (AvgIpc) is 3.45. The van der Waals surface area contributed by atoms with E-state index in [9.17, 15) is 14.4 Å². The van der Waals surface area contributed by atoms with Gasteiger partial charge in [-0.25, -0.2) is 9.79 Å². The van der Waals surface area contributed by atoms with Crippen molar-refractivity contribution in [2.45, 2.75) is 46.4 Å². The Hall–Kier alpha value is -4.47. The number of nitrogens with zero attached hydrogens (tertiary/aromatic N) is 3. The molecule has 0 fully saturated rings.